The Morgan fingerprint density at radius 3 is 2.82 bits per heavy atom. The summed E-state index contributed by atoms with van der Waals surface area (Å²) in [5, 5.41) is 1.11. The number of hydrogen-bond donors (Lipinski definition) is 0. The molecule has 1 aliphatic carbocycles. The van der Waals surface area contributed by atoms with Crippen molar-refractivity contribution in [2.45, 2.75) is 39.2 Å². The molecule has 172 valence electrons. The van der Waals surface area contributed by atoms with E-state index < -0.39 is 0 Å². The molecule has 4 aromatic rings. The number of fused-ring (bicyclic) bond motifs is 2. The normalized spacial score (nSPS) is 13.7. The molecule has 0 spiro atoms. The second-order valence-corrected chi connectivity index (χ2v) is 9.12. The van der Waals surface area contributed by atoms with Crippen LogP contribution >= 0.6 is 0 Å². The third-order valence-corrected chi connectivity index (χ3v) is 6.62. The van der Waals surface area contributed by atoms with Crippen LogP contribution in [-0.2, 0) is 13.6 Å². The van der Waals surface area contributed by atoms with Gasteiger partial charge in [0.2, 0.25) is 0 Å². The van der Waals surface area contributed by atoms with Gasteiger partial charge in [-0.2, -0.15) is 0 Å². The summed E-state index contributed by atoms with van der Waals surface area (Å²) < 4.78 is 10.1. The number of aromatic nitrogens is 4. The highest BCUT2D eigenvalue weighted by molar-refractivity contribution is 6.00. The molecule has 7 nitrogen and oxygen atoms in total. The van der Waals surface area contributed by atoms with Crippen molar-refractivity contribution in [2.75, 3.05) is 20.7 Å². The third-order valence-electron chi connectivity index (χ3n) is 6.62. The molecule has 1 fully saturated rings. The fraction of sp³-hybridized carbons (Fsp3) is 0.423. The zero-order valence-corrected chi connectivity index (χ0v) is 19.8. The molecular formula is C26H31N5O2. The predicted molar refractivity (Wildman–Crippen MR) is 131 cm³/mol. The molecule has 33 heavy (non-hydrogen) atoms. The van der Waals surface area contributed by atoms with Crippen LogP contribution in [0.15, 0.2) is 36.5 Å². The van der Waals surface area contributed by atoms with Gasteiger partial charge in [-0.1, -0.05) is 13.3 Å². The molecule has 0 atom stereocenters. The van der Waals surface area contributed by atoms with Gasteiger partial charge in [-0.15, -0.1) is 0 Å². The van der Waals surface area contributed by atoms with E-state index in [1.165, 1.54) is 12.8 Å². The van der Waals surface area contributed by atoms with Crippen LogP contribution in [0.25, 0.3) is 33.6 Å². The first-order valence-electron chi connectivity index (χ1n) is 11.8. The van der Waals surface area contributed by atoms with Gasteiger partial charge in [-0.3, -0.25) is 4.79 Å². The summed E-state index contributed by atoms with van der Waals surface area (Å²) in [6, 6.07) is 9.96. The van der Waals surface area contributed by atoms with Crippen LogP contribution in [0.2, 0.25) is 0 Å². The van der Waals surface area contributed by atoms with Crippen molar-refractivity contribution in [3.63, 3.8) is 0 Å². The van der Waals surface area contributed by atoms with Crippen LogP contribution < -0.4 is 4.74 Å². The van der Waals surface area contributed by atoms with Crippen LogP contribution in [0.4, 0.5) is 0 Å². The molecule has 0 radical (unpaired) electrons. The van der Waals surface area contributed by atoms with Crippen LogP contribution in [-0.4, -0.2) is 50.6 Å². The molecule has 3 heterocycles. The quantitative estimate of drug-likeness (QED) is 0.388. The number of imidazole rings is 1. The first-order valence-corrected chi connectivity index (χ1v) is 11.8. The summed E-state index contributed by atoms with van der Waals surface area (Å²) in [5.41, 5.74) is 4.28. The number of amides is 1. The zero-order chi connectivity index (χ0) is 23.1. The number of benzene rings is 1. The molecule has 0 unspecified atom stereocenters. The minimum absolute atomic E-state index is 0.0112. The highest BCUT2D eigenvalue weighted by atomic mass is 16.5. The Morgan fingerprint density at radius 1 is 1.27 bits per heavy atom. The number of ether oxygens (including phenoxy) is 1. The molecule has 7 heteroatoms. The van der Waals surface area contributed by atoms with Gasteiger partial charge < -0.3 is 18.8 Å². The number of aryl methyl sites for hydroxylation is 1. The van der Waals surface area contributed by atoms with E-state index in [-0.39, 0.29) is 5.91 Å². The molecule has 1 aliphatic rings. The zero-order valence-electron chi connectivity index (χ0n) is 19.8. The van der Waals surface area contributed by atoms with E-state index >= 15 is 0 Å². The third kappa shape index (κ3) is 3.86. The number of methoxy groups -OCH3 is 1. The minimum atomic E-state index is -0.0112. The highest BCUT2D eigenvalue weighted by Gasteiger charge is 2.26. The number of pyridine rings is 1. The van der Waals surface area contributed by atoms with Crippen molar-refractivity contribution in [2.24, 2.45) is 13.0 Å². The Bertz CT molecular complexity index is 1330. The number of nitrogens with zero attached hydrogens (tertiary/aromatic N) is 5. The van der Waals surface area contributed by atoms with Gasteiger partial charge in [0, 0.05) is 44.3 Å². The minimum Gasteiger partial charge on any atom is -0.494 e. The molecule has 0 aliphatic heterocycles. The number of hydrogen-bond acceptors (Lipinski definition) is 4. The standard InChI is InChI=1S/C26H31N5O2/c1-5-6-12-29(2)26(32)19-13-20-23(22(15-19)33-4)30(3)25(28-20)21-14-18-8-7-11-27-24(18)31(21)16-17-9-10-17/h7-8,11,13-15,17H,5-6,9-10,12,16H2,1-4H3. The van der Waals surface area contributed by atoms with Crippen molar-refractivity contribution in [1.82, 2.24) is 24.0 Å². The van der Waals surface area contributed by atoms with Gasteiger partial charge in [0.15, 0.2) is 5.82 Å². The number of carbonyl (C=O) groups excluding carboxylic acids is 1. The van der Waals surface area contributed by atoms with Crippen molar-refractivity contribution in [3.05, 3.63) is 42.1 Å². The Morgan fingerprint density at radius 2 is 2.09 bits per heavy atom. The van der Waals surface area contributed by atoms with Crippen molar-refractivity contribution in [1.29, 1.82) is 0 Å². The van der Waals surface area contributed by atoms with Gasteiger partial charge in [0.1, 0.15) is 16.9 Å². The summed E-state index contributed by atoms with van der Waals surface area (Å²) in [6.07, 6.45) is 6.40. The lowest BCUT2D eigenvalue weighted by Crippen LogP contribution is -2.27. The van der Waals surface area contributed by atoms with Crippen molar-refractivity contribution in [3.8, 4) is 17.3 Å². The molecule has 0 N–H and O–H groups in total. The van der Waals surface area contributed by atoms with Gasteiger partial charge in [0.05, 0.1) is 18.3 Å². The van der Waals surface area contributed by atoms with E-state index in [9.17, 15) is 4.79 Å². The Labute approximate surface area is 194 Å². The molecule has 0 bridgehead atoms. The summed E-state index contributed by atoms with van der Waals surface area (Å²) >= 11 is 0. The Hall–Kier alpha value is -3.35. The second kappa shape index (κ2) is 8.54. The van der Waals surface area contributed by atoms with Crippen molar-refractivity contribution < 1.29 is 9.53 Å². The van der Waals surface area contributed by atoms with E-state index in [0.717, 1.165) is 59.5 Å². The molecule has 1 amide bonds. The van der Waals surface area contributed by atoms with Crippen LogP contribution in [0.1, 0.15) is 43.0 Å². The summed E-state index contributed by atoms with van der Waals surface area (Å²) in [6.45, 7) is 3.81. The van der Waals surface area contributed by atoms with Gasteiger partial charge in [-0.25, -0.2) is 9.97 Å². The second-order valence-electron chi connectivity index (χ2n) is 9.12. The number of unbranched alkanes of at least 4 members (excludes halogenated alkanes) is 1. The number of carbonyl (C=O) groups is 1. The average molecular weight is 446 g/mol. The van der Waals surface area contributed by atoms with Crippen LogP contribution in [0.3, 0.4) is 0 Å². The lowest BCUT2D eigenvalue weighted by Gasteiger charge is -2.17. The van der Waals surface area contributed by atoms with E-state index in [4.69, 9.17) is 9.72 Å². The summed E-state index contributed by atoms with van der Waals surface area (Å²) in [5.74, 6) is 2.20. The lowest BCUT2D eigenvalue weighted by atomic mass is 10.1. The Balaban J connectivity index is 1.63. The van der Waals surface area contributed by atoms with E-state index in [2.05, 4.69) is 33.2 Å². The van der Waals surface area contributed by atoms with E-state index in [0.29, 0.717) is 17.2 Å². The average Bonchev–Trinajstić information content (AvgIpc) is 3.50. The smallest absolute Gasteiger partial charge is 0.253 e. The molecule has 1 saturated carbocycles. The summed E-state index contributed by atoms with van der Waals surface area (Å²) in [7, 11) is 5.50. The van der Waals surface area contributed by atoms with Crippen LogP contribution in [0, 0.1) is 5.92 Å². The topological polar surface area (TPSA) is 65.2 Å². The molecular weight excluding hydrogens is 414 g/mol. The monoisotopic (exact) mass is 445 g/mol. The maximum absolute atomic E-state index is 13.0. The molecule has 5 rings (SSSR count). The molecule has 3 aromatic heterocycles. The fourth-order valence-electron chi connectivity index (χ4n) is 4.55. The summed E-state index contributed by atoms with van der Waals surface area (Å²) in [4.78, 5) is 24.5. The Kier molecular flexibility index (Phi) is 5.56. The fourth-order valence-corrected chi connectivity index (χ4v) is 4.55. The van der Waals surface area contributed by atoms with Gasteiger partial charge in [0.25, 0.3) is 5.91 Å². The predicted octanol–water partition coefficient (Wildman–Crippen LogP) is 4.88. The SMILES string of the molecule is CCCCN(C)C(=O)c1cc(OC)c2c(c1)nc(-c1cc3cccnc3n1CC1CC1)n2C. The first-order chi connectivity index (χ1) is 16.0. The largest absolute Gasteiger partial charge is 0.494 e. The van der Waals surface area contributed by atoms with E-state index in [1.807, 2.05) is 38.5 Å². The molecule has 1 aromatic carbocycles. The van der Waals surface area contributed by atoms with E-state index in [1.54, 1.807) is 12.0 Å². The van der Waals surface area contributed by atoms with Crippen LogP contribution in [0.5, 0.6) is 5.75 Å². The number of rotatable bonds is 8. The molecule has 0 saturated heterocycles. The van der Waals surface area contributed by atoms with Crippen molar-refractivity contribution >= 4 is 28.0 Å². The van der Waals surface area contributed by atoms with Gasteiger partial charge >= 0.3 is 0 Å². The van der Waals surface area contributed by atoms with Gasteiger partial charge in [-0.05, 0) is 55.5 Å². The maximum Gasteiger partial charge on any atom is 0.253 e. The first kappa shape index (κ1) is 21.5. The lowest BCUT2D eigenvalue weighted by molar-refractivity contribution is 0.0793. The highest BCUT2D eigenvalue weighted by Crippen LogP contribution is 2.37. The maximum atomic E-state index is 13.0.